The van der Waals surface area contributed by atoms with Crippen LogP contribution in [-0.4, -0.2) is 42.7 Å². The van der Waals surface area contributed by atoms with Crippen LogP contribution in [0.1, 0.15) is 5.56 Å². The van der Waals surface area contributed by atoms with E-state index in [4.69, 9.17) is 21.6 Å². The first-order valence-electron chi connectivity index (χ1n) is 7.41. The second-order valence-corrected chi connectivity index (χ2v) is 6.59. The summed E-state index contributed by atoms with van der Waals surface area (Å²) in [7, 11) is 0. The third kappa shape index (κ3) is 4.14. The molecule has 1 saturated heterocycles. The number of hydrogen-bond donors (Lipinski definition) is 0. The molecule has 1 aliphatic rings. The van der Waals surface area contributed by atoms with E-state index in [1.54, 1.807) is 17.4 Å². The van der Waals surface area contributed by atoms with Gasteiger partial charge in [-0.1, -0.05) is 11.6 Å². The van der Waals surface area contributed by atoms with Gasteiger partial charge >= 0.3 is 0 Å². The normalized spacial score (nSPS) is 15.4. The van der Waals surface area contributed by atoms with Crippen molar-refractivity contribution in [1.29, 1.82) is 5.26 Å². The number of aromatic nitrogens is 1. The van der Waals surface area contributed by atoms with Crippen LogP contribution in [-0.2, 0) is 6.54 Å². The van der Waals surface area contributed by atoms with Crippen molar-refractivity contribution < 1.29 is 4.74 Å². The zero-order valence-electron chi connectivity index (χ0n) is 12.6. The Morgan fingerprint density at radius 2 is 2.13 bits per heavy atom. The van der Waals surface area contributed by atoms with Crippen LogP contribution in [0.5, 0.6) is 5.75 Å². The maximum atomic E-state index is 8.69. The van der Waals surface area contributed by atoms with E-state index in [0.29, 0.717) is 5.02 Å². The van der Waals surface area contributed by atoms with Gasteiger partial charge < -0.3 is 9.64 Å². The van der Waals surface area contributed by atoms with Gasteiger partial charge in [-0.2, -0.15) is 5.26 Å². The van der Waals surface area contributed by atoms with E-state index in [0.717, 1.165) is 49.2 Å². The minimum Gasteiger partial charge on any atom is -0.478 e. The van der Waals surface area contributed by atoms with Crippen molar-refractivity contribution in [3.8, 4) is 11.8 Å². The molecule has 0 atom stereocenters. The lowest BCUT2D eigenvalue weighted by Crippen LogP contribution is -2.45. The number of nitriles is 1. The van der Waals surface area contributed by atoms with Gasteiger partial charge in [-0.05, 0) is 18.2 Å². The molecule has 3 rings (SSSR count). The van der Waals surface area contributed by atoms with Gasteiger partial charge in [0.15, 0.2) is 11.7 Å². The highest BCUT2D eigenvalue weighted by Gasteiger charge is 2.19. The molecule has 0 saturated carbocycles. The molecule has 0 amide bonds. The third-order valence-corrected chi connectivity index (χ3v) is 4.84. The van der Waals surface area contributed by atoms with Gasteiger partial charge in [-0.25, -0.2) is 4.98 Å². The van der Waals surface area contributed by atoms with Crippen LogP contribution in [0.25, 0.3) is 0 Å². The molecule has 120 valence electrons. The fourth-order valence-corrected chi connectivity index (χ4v) is 3.52. The molecule has 0 bridgehead atoms. The van der Waals surface area contributed by atoms with E-state index < -0.39 is 0 Å². The summed E-state index contributed by atoms with van der Waals surface area (Å²) < 4.78 is 5.50. The summed E-state index contributed by atoms with van der Waals surface area (Å²) in [4.78, 5) is 9.05. The molecule has 1 aliphatic heterocycles. The number of hydrogen-bond acceptors (Lipinski definition) is 6. The molecule has 0 radical (unpaired) electrons. The van der Waals surface area contributed by atoms with Crippen LogP contribution in [0.2, 0.25) is 5.02 Å². The highest BCUT2D eigenvalue weighted by atomic mass is 35.5. The quantitative estimate of drug-likeness (QED) is 0.831. The average Bonchev–Trinajstić information content (AvgIpc) is 3.09. The van der Waals surface area contributed by atoms with E-state index in [1.807, 2.05) is 29.8 Å². The first-order chi connectivity index (χ1) is 11.3. The average molecular weight is 349 g/mol. The first kappa shape index (κ1) is 16.1. The summed E-state index contributed by atoms with van der Waals surface area (Å²) in [6, 6.07) is 7.54. The fourth-order valence-electron chi connectivity index (χ4n) is 2.63. The molecular weight excluding hydrogens is 332 g/mol. The topological polar surface area (TPSA) is 52.4 Å². The summed E-state index contributed by atoms with van der Waals surface area (Å²) in [5.41, 5.74) is 1.02. The Labute approximate surface area is 144 Å². The Morgan fingerprint density at radius 1 is 1.30 bits per heavy atom. The lowest BCUT2D eigenvalue weighted by Gasteiger charge is -2.34. The zero-order valence-corrected chi connectivity index (χ0v) is 14.2. The molecule has 0 spiro atoms. The fraction of sp³-hybridized carbons (Fsp3) is 0.375. The van der Waals surface area contributed by atoms with Crippen molar-refractivity contribution in [2.45, 2.75) is 6.54 Å². The highest BCUT2D eigenvalue weighted by Crippen LogP contribution is 2.25. The van der Waals surface area contributed by atoms with E-state index in [-0.39, 0.29) is 6.61 Å². The number of nitrogens with zero attached hydrogens (tertiary/aromatic N) is 4. The Morgan fingerprint density at radius 3 is 2.83 bits per heavy atom. The molecule has 5 nitrogen and oxygen atoms in total. The van der Waals surface area contributed by atoms with Crippen LogP contribution in [0, 0.1) is 11.3 Å². The van der Waals surface area contributed by atoms with Gasteiger partial charge in [-0.15, -0.1) is 11.3 Å². The second kappa shape index (κ2) is 7.64. The van der Waals surface area contributed by atoms with Crippen LogP contribution >= 0.6 is 22.9 Å². The van der Waals surface area contributed by atoms with Gasteiger partial charge in [0.2, 0.25) is 0 Å². The summed E-state index contributed by atoms with van der Waals surface area (Å²) >= 11 is 7.78. The van der Waals surface area contributed by atoms with E-state index >= 15 is 0 Å². The minimum atomic E-state index is 0.0481. The van der Waals surface area contributed by atoms with Crippen LogP contribution in [0.15, 0.2) is 29.8 Å². The lowest BCUT2D eigenvalue weighted by molar-refractivity contribution is 0.244. The van der Waals surface area contributed by atoms with Crippen LogP contribution < -0.4 is 9.64 Å². The monoisotopic (exact) mass is 348 g/mol. The number of halogens is 1. The van der Waals surface area contributed by atoms with Crippen molar-refractivity contribution in [1.82, 2.24) is 9.88 Å². The van der Waals surface area contributed by atoms with Crippen molar-refractivity contribution in [3.05, 3.63) is 40.4 Å². The molecule has 1 fully saturated rings. The Bertz CT molecular complexity index is 678. The third-order valence-electron chi connectivity index (χ3n) is 3.77. The smallest absolute Gasteiger partial charge is 0.185 e. The SMILES string of the molecule is N#CCOc1ccc(Cl)cc1CN1CCN(c2nccs2)CC1. The first-order valence-corrected chi connectivity index (χ1v) is 8.67. The maximum Gasteiger partial charge on any atom is 0.185 e. The number of anilines is 1. The van der Waals surface area contributed by atoms with Crippen molar-refractivity contribution in [2.75, 3.05) is 37.7 Å². The molecule has 0 unspecified atom stereocenters. The summed E-state index contributed by atoms with van der Waals surface area (Å²) in [5.74, 6) is 0.735. The summed E-state index contributed by atoms with van der Waals surface area (Å²) in [6.45, 7) is 4.66. The molecule has 2 heterocycles. The molecule has 7 heteroatoms. The van der Waals surface area contributed by atoms with Gasteiger partial charge in [0, 0.05) is 54.9 Å². The maximum absolute atomic E-state index is 8.69. The molecule has 1 aromatic carbocycles. The van der Waals surface area contributed by atoms with Crippen molar-refractivity contribution in [3.63, 3.8) is 0 Å². The number of thiazole rings is 1. The molecular formula is C16H17ClN4OS. The van der Waals surface area contributed by atoms with Crippen LogP contribution in [0.4, 0.5) is 5.13 Å². The minimum absolute atomic E-state index is 0.0481. The zero-order chi connectivity index (χ0) is 16.1. The second-order valence-electron chi connectivity index (χ2n) is 5.28. The van der Waals surface area contributed by atoms with Gasteiger partial charge in [0.25, 0.3) is 0 Å². The predicted molar refractivity (Wildman–Crippen MR) is 92.2 cm³/mol. The van der Waals surface area contributed by atoms with E-state index in [1.165, 1.54) is 0 Å². The standard InChI is InChI=1S/C16H17ClN4OS/c17-14-1-2-15(22-9-3-18)13(11-14)12-20-5-7-21(8-6-20)16-19-4-10-23-16/h1-2,4,10-11H,5-9,12H2. The summed E-state index contributed by atoms with van der Waals surface area (Å²) in [6.07, 6.45) is 1.84. The highest BCUT2D eigenvalue weighted by molar-refractivity contribution is 7.13. The van der Waals surface area contributed by atoms with Crippen LogP contribution in [0.3, 0.4) is 0 Å². The summed E-state index contributed by atoms with van der Waals surface area (Å²) in [5, 5.41) is 12.5. The van der Waals surface area contributed by atoms with Gasteiger partial charge in [0.05, 0.1) is 0 Å². The number of rotatable bonds is 5. The molecule has 0 N–H and O–H groups in total. The largest absolute Gasteiger partial charge is 0.478 e. The molecule has 2 aromatic rings. The number of ether oxygens (including phenoxy) is 1. The molecule has 23 heavy (non-hydrogen) atoms. The van der Waals surface area contributed by atoms with Gasteiger partial charge in [-0.3, -0.25) is 4.90 Å². The molecule has 1 aromatic heterocycles. The Kier molecular flexibility index (Phi) is 5.34. The lowest BCUT2D eigenvalue weighted by atomic mass is 10.1. The van der Waals surface area contributed by atoms with E-state index in [9.17, 15) is 0 Å². The number of benzene rings is 1. The predicted octanol–water partition coefficient (Wildman–Crippen LogP) is 3.02. The van der Waals surface area contributed by atoms with Crippen molar-refractivity contribution in [2.24, 2.45) is 0 Å². The molecule has 0 aliphatic carbocycles. The van der Waals surface area contributed by atoms with E-state index in [2.05, 4.69) is 14.8 Å². The number of piperazine rings is 1. The Balaban J connectivity index is 1.62. The van der Waals surface area contributed by atoms with Gasteiger partial charge in [0.1, 0.15) is 11.8 Å². The van der Waals surface area contributed by atoms with Crippen molar-refractivity contribution >= 4 is 28.1 Å². The Hall–Kier alpha value is -1.81.